The van der Waals surface area contributed by atoms with Gasteiger partial charge in [0.1, 0.15) is 5.82 Å². The Kier molecular flexibility index (Phi) is 3.26. The predicted molar refractivity (Wildman–Crippen MR) is 51.2 cm³/mol. The maximum absolute atomic E-state index is 13.4. The highest BCUT2D eigenvalue weighted by atomic mass is 19.3. The van der Waals surface area contributed by atoms with Crippen LogP contribution in [0.5, 0.6) is 0 Å². The Morgan fingerprint density at radius 1 is 1.25 bits per heavy atom. The highest BCUT2D eigenvalue weighted by molar-refractivity contribution is 5.55. The molecule has 86 valence electrons. The minimum atomic E-state index is -1.95. The quantitative estimate of drug-likeness (QED) is 0.777. The second kappa shape index (κ2) is 4.67. The van der Waals surface area contributed by atoms with Gasteiger partial charge in [0.15, 0.2) is 6.29 Å². The van der Waals surface area contributed by atoms with Crippen molar-refractivity contribution in [2.45, 2.75) is 6.29 Å². The van der Waals surface area contributed by atoms with Gasteiger partial charge in [-0.25, -0.2) is 4.39 Å². The molecule has 2 nitrogen and oxygen atoms in total. The minimum Gasteiger partial charge on any atom is -0.346 e. The zero-order valence-electron chi connectivity index (χ0n) is 8.25. The number of benzene rings is 1. The van der Waals surface area contributed by atoms with Crippen molar-refractivity contribution >= 4 is 6.08 Å². The number of rotatable bonds is 2. The molecule has 16 heavy (non-hydrogen) atoms. The van der Waals surface area contributed by atoms with Crippen molar-refractivity contribution in [3.05, 3.63) is 41.2 Å². The van der Waals surface area contributed by atoms with Gasteiger partial charge in [0.2, 0.25) is 0 Å². The van der Waals surface area contributed by atoms with Crippen LogP contribution in [-0.2, 0) is 9.47 Å². The molecule has 0 unspecified atom stereocenters. The van der Waals surface area contributed by atoms with Crippen LogP contribution in [0.25, 0.3) is 6.08 Å². The summed E-state index contributed by atoms with van der Waals surface area (Å²) in [5.41, 5.74) is 0.0969. The summed E-state index contributed by atoms with van der Waals surface area (Å²) in [5.74, 6) is -0.718. The van der Waals surface area contributed by atoms with E-state index in [2.05, 4.69) is 0 Å². The smallest absolute Gasteiger partial charge is 0.271 e. The summed E-state index contributed by atoms with van der Waals surface area (Å²) in [6.45, 7) is 0.755. The van der Waals surface area contributed by atoms with Gasteiger partial charge in [0.05, 0.1) is 13.2 Å². The lowest BCUT2D eigenvalue weighted by atomic mass is 10.1. The topological polar surface area (TPSA) is 18.5 Å². The fourth-order valence-corrected chi connectivity index (χ4v) is 1.56. The summed E-state index contributed by atoms with van der Waals surface area (Å²) >= 11 is 0. The molecule has 1 aromatic carbocycles. The summed E-state index contributed by atoms with van der Waals surface area (Å²) in [5, 5.41) is 0. The first kappa shape index (κ1) is 11.2. The third-order valence-electron chi connectivity index (χ3n) is 2.22. The molecule has 1 heterocycles. The fourth-order valence-electron chi connectivity index (χ4n) is 1.56. The maximum atomic E-state index is 13.4. The molecule has 0 bridgehead atoms. The molecule has 0 atom stereocenters. The van der Waals surface area contributed by atoms with Crippen LogP contribution in [0.3, 0.4) is 0 Å². The van der Waals surface area contributed by atoms with Gasteiger partial charge in [-0.2, -0.15) is 8.78 Å². The van der Waals surface area contributed by atoms with E-state index in [1.54, 1.807) is 0 Å². The van der Waals surface area contributed by atoms with Crippen LogP contribution in [0, 0.1) is 5.82 Å². The van der Waals surface area contributed by atoms with Gasteiger partial charge < -0.3 is 9.47 Å². The number of hydrogen-bond acceptors (Lipinski definition) is 2. The normalized spacial score (nSPS) is 16.4. The lowest BCUT2D eigenvalue weighted by Crippen LogP contribution is -2.02. The highest BCUT2D eigenvalue weighted by Crippen LogP contribution is 2.29. The molecule has 1 aliphatic heterocycles. The van der Waals surface area contributed by atoms with Gasteiger partial charge >= 0.3 is 0 Å². The second-order valence-electron chi connectivity index (χ2n) is 3.25. The van der Waals surface area contributed by atoms with Gasteiger partial charge in [-0.05, 0) is 6.07 Å². The molecule has 2 rings (SSSR count). The molecule has 5 heteroatoms. The summed E-state index contributed by atoms with van der Waals surface area (Å²) in [6.07, 6.45) is -2.24. The van der Waals surface area contributed by atoms with E-state index < -0.39 is 18.2 Å². The first-order chi connectivity index (χ1) is 7.68. The molecule has 0 spiro atoms. The molecule has 0 aliphatic carbocycles. The van der Waals surface area contributed by atoms with Crippen LogP contribution in [-0.4, -0.2) is 13.2 Å². The summed E-state index contributed by atoms with van der Waals surface area (Å²) in [7, 11) is 0. The monoisotopic (exact) mass is 230 g/mol. The maximum Gasteiger partial charge on any atom is 0.271 e. The third kappa shape index (κ3) is 2.25. The van der Waals surface area contributed by atoms with Crippen molar-refractivity contribution in [1.82, 2.24) is 0 Å². The van der Waals surface area contributed by atoms with Gasteiger partial charge in [0.25, 0.3) is 6.08 Å². The molecular weight excluding hydrogens is 221 g/mol. The van der Waals surface area contributed by atoms with Crippen molar-refractivity contribution in [3.8, 4) is 0 Å². The third-order valence-corrected chi connectivity index (χ3v) is 2.22. The Labute approximate surface area is 90.3 Å². The molecule has 0 radical (unpaired) electrons. The van der Waals surface area contributed by atoms with Crippen molar-refractivity contribution < 1.29 is 22.6 Å². The van der Waals surface area contributed by atoms with E-state index in [0.717, 1.165) is 6.07 Å². The Hall–Kier alpha value is -1.33. The molecule has 1 aliphatic rings. The van der Waals surface area contributed by atoms with E-state index in [-0.39, 0.29) is 11.1 Å². The van der Waals surface area contributed by atoms with Gasteiger partial charge in [-0.15, -0.1) is 0 Å². The Bertz CT molecular complexity index is 408. The average Bonchev–Trinajstić information content (AvgIpc) is 2.73. The van der Waals surface area contributed by atoms with Crippen molar-refractivity contribution in [3.63, 3.8) is 0 Å². The summed E-state index contributed by atoms with van der Waals surface area (Å²) < 4.78 is 48.0. The van der Waals surface area contributed by atoms with Crippen LogP contribution < -0.4 is 0 Å². The van der Waals surface area contributed by atoms with Crippen molar-refractivity contribution in [2.24, 2.45) is 0 Å². The van der Waals surface area contributed by atoms with E-state index in [4.69, 9.17) is 9.47 Å². The Balaban J connectivity index is 2.43. The molecule has 0 N–H and O–H groups in total. The molecule has 1 aromatic rings. The summed E-state index contributed by atoms with van der Waals surface area (Å²) in [4.78, 5) is 0. The minimum absolute atomic E-state index is 0.186. The van der Waals surface area contributed by atoms with Crippen LogP contribution in [0.2, 0.25) is 0 Å². The first-order valence-corrected chi connectivity index (χ1v) is 4.73. The lowest BCUT2D eigenvalue weighted by molar-refractivity contribution is -0.0444. The van der Waals surface area contributed by atoms with Gasteiger partial charge in [-0.3, -0.25) is 0 Å². The van der Waals surface area contributed by atoms with Gasteiger partial charge in [0, 0.05) is 17.2 Å². The van der Waals surface area contributed by atoms with Crippen LogP contribution in [0.15, 0.2) is 24.3 Å². The van der Waals surface area contributed by atoms with Gasteiger partial charge in [-0.1, -0.05) is 12.1 Å². The molecule has 0 amide bonds. The zero-order valence-corrected chi connectivity index (χ0v) is 8.25. The standard InChI is InChI=1S/C11H9F3O2/c12-9-3-1-2-7(8(9)6-10(13)14)11-15-4-5-16-11/h1-3,6,11H,4-5H2. The Morgan fingerprint density at radius 3 is 2.56 bits per heavy atom. The summed E-state index contributed by atoms with van der Waals surface area (Å²) in [6, 6.07) is 4.06. The number of hydrogen-bond donors (Lipinski definition) is 0. The molecular formula is C11H9F3O2. The first-order valence-electron chi connectivity index (χ1n) is 4.73. The van der Waals surface area contributed by atoms with E-state index >= 15 is 0 Å². The number of halogens is 3. The molecule has 1 saturated heterocycles. The predicted octanol–water partition coefficient (Wildman–Crippen LogP) is 3.11. The van der Waals surface area contributed by atoms with Crippen molar-refractivity contribution in [1.29, 1.82) is 0 Å². The molecule has 0 aromatic heterocycles. The second-order valence-corrected chi connectivity index (χ2v) is 3.25. The largest absolute Gasteiger partial charge is 0.346 e. The van der Waals surface area contributed by atoms with Crippen LogP contribution >= 0.6 is 0 Å². The Morgan fingerprint density at radius 2 is 1.94 bits per heavy atom. The van der Waals surface area contributed by atoms with Crippen LogP contribution in [0.4, 0.5) is 13.2 Å². The van der Waals surface area contributed by atoms with E-state index in [1.165, 1.54) is 12.1 Å². The molecule has 1 fully saturated rings. The SMILES string of the molecule is FC(F)=Cc1c(F)cccc1C1OCCO1. The lowest BCUT2D eigenvalue weighted by Gasteiger charge is -2.12. The van der Waals surface area contributed by atoms with E-state index in [0.29, 0.717) is 19.3 Å². The van der Waals surface area contributed by atoms with Crippen LogP contribution in [0.1, 0.15) is 17.4 Å². The van der Waals surface area contributed by atoms with E-state index in [9.17, 15) is 13.2 Å². The zero-order chi connectivity index (χ0) is 11.5. The van der Waals surface area contributed by atoms with E-state index in [1.807, 2.05) is 0 Å². The fraction of sp³-hybridized carbons (Fsp3) is 0.273. The highest BCUT2D eigenvalue weighted by Gasteiger charge is 2.22. The number of ether oxygens (including phenoxy) is 2. The van der Waals surface area contributed by atoms with Crippen molar-refractivity contribution in [2.75, 3.05) is 13.2 Å². The average molecular weight is 230 g/mol. The molecule has 0 saturated carbocycles.